The number of sulfonamides is 1. The smallest absolute Gasteiger partial charge is 0.211 e. The first-order chi connectivity index (χ1) is 9.24. The lowest BCUT2D eigenvalue weighted by atomic mass is 9.98. The van der Waals surface area contributed by atoms with Crippen molar-refractivity contribution in [2.24, 2.45) is 16.8 Å². The molecule has 1 saturated heterocycles. The number of hydrogen-bond acceptors (Lipinski definition) is 5. The van der Waals surface area contributed by atoms with Gasteiger partial charge < -0.3 is 15.8 Å². The van der Waals surface area contributed by atoms with Crippen molar-refractivity contribution in [3.05, 3.63) is 0 Å². The van der Waals surface area contributed by atoms with E-state index in [4.69, 9.17) is 10.9 Å². The van der Waals surface area contributed by atoms with Crippen LogP contribution >= 0.6 is 0 Å². The van der Waals surface area contributed by atoms with Crippen LogP contribution in [0.5, 0.6) is 0 Å². The van der Waals surface area contributed by atoms with E-state index in [1.165, 1.54) is 6.26 Å². The SMILES string of the molecule is CC(CC(N)=NO)N(C)CC1CCCN(S(C)(=O)=O)C1. The molecule has 1 rings (SSSR count). The Morgan fingerprint density at radius 3 is 2.80 bits per heavy atom. The predicted octanol–water partition coefficient (Wildman–Crippen LogP) is 0.115. The third-order valence-corrected chi connectivity index (χ3v) is 5.15. The number of oxime groups is 1. The average Bonchev–Trinajstić information content (AvgIpc) is 2.37. The normalized spacial score (nSPS) is 24.0. The molecule has 8 heteroatoms. The number of rotatable bonds is 6. The first-order valence-electron chi connectivity index (χ1n) is 6.85. The number of amidine groups is 1. The van der Waals surface area contributed by atoms with Crippen LogP contribution in [-0.4, -0.2) is 67.6 Å². The lowest BCUT2D eigenvalue weighted by Gasteiger charge is -2.35. The Labute approximate surface area is 121 Å². The van der Waals surface area contributed by atoms with Crippen molar-refractivity contribution < 1.29 is 13.6 Å². The number of hydrogen-bond donors (Lipinski definition) is 2. The Hall–Kier alpha value is -0.860. The summed E-state index contributed by atoms with van der Waals surface area (Å²) in [6, 6.07) is 0.152. The Balaban J connectivity index is 2.51. The molecular formula is C12H26N4O3S. The van der Waals surface area contributed by atoms with Crippen molar-refractivity contribution in [2.75, 3.05) is 32.9 Å². The number of nitrogens with two attached hydrogens (primary N) is 1. The first kappa shape index (κ1) is 17.2. The Kier molecular flexibility index (Phi) is 6.22. The molecule has 0 aromatic carbocycles. The van der Waals surface area contributed by atoms with Gasteiger partial charge in [0.1, 0.15) is 5.84 Å². The minimum Gasteiger partial charge on any atom is -0.409 e. The molecule has 0 bridgehead atoms. The fourth-order valence-corrected chi connectivity index (χ4v) is 3.51. The lowest BCUT2D eigenvalue weighted by molar-refractivity contribution is 0.172. The van der Waals surface area contributed by atoms with Gasteiger partial charge in [0.05, 0.1) is 6.26 Å². The monoisotopic (exact) mass is 306 g/mol. The molecule has 0 saturated carbocycles. The van der Waals surface area contributed by atoms with Crippen LogP contribution in [-0.2, 0) is 10.0 Å². The van der Waals surface area contributed by atoms with Gasteiger partial charge in [0.25, 0.3) is 0 Å². The van der Waals surface area contributed by atoms with Gasteiger partial charge in [-0.2, -0.15) is 0 Å². The standard InChI is InChI=1S/C12H26N4O3S/c1-10(7-12(13)14-17)15(2)8-11-5-4-6-16(9-11)20(3,18)19/h10-11,17H,4-9H2,1-3H3,(H2,13,14). The van der Waals surface area contributed by atoms with Crippen molar-refractivity contribution in [1.29, 1.82) is 0 Å². The highest BCUT2D eigenvalue weighted by Gasteiger charge is 2.27. The van der Waals surface area contributed by atoms with Gasteiger partial charge in [0.2, 0.25) is 10.0 Å². The van der Waals surface area contributed by atoms with Crippen molar-refractivity contribution in [3.8, 4) is 0 Å². The third-order valence-electron chi connectivity index (χ3n) is 3.88. The average molecular weight is 306 g/mol. The first-order valence-corrected chi connectivity index (χ1v) is 8.70. The summed E-state index contributed by atoms with van der Waals surface area (Å²) < 4.78 is 24.7. The van der Waals surface area contributed by atoms with E-state index >= 15 is 0 Å². The Bertz CT molecular complexity index is 438. The summed E-state index contributed by atoms with van der Waals surface area (Å²) in [4.78, 5) is 2.13. The lowest BCUT2D eigenvalue weighted by Crippen LogP contribution is -2.44. The van der Waals surface area contributed by atoms with Crippen LogP contribution in [0.25, 0.3) is 0 Å². The van der Waals surface area contributed by atoms with Crippen molar-refractivity contribution in [1.82, 2.24) is 9.21 Å². The van der Waals surface area contributed by atoms with Crippen LogP contribution in [0.15, 0.2) is 5.16 Å². The second-order valence-corrected chi connectivity index (χ2v) is 7.70. The molecule has 0 amide bonds. The summed E-state index contributed by atoms with van der Waals surface area (Å²) in [5.41, 5.74) is 5.51. The van der Waals surface area contributed by atoms with Gasteiger partial charge in [0, 0.05) is 32.1 Å². The van der Waals surface area contributed by atoms with E-state index in [0.717, 1.165) is 19.4 Å². The minimum atomic E-state index is -3.10. The molecule has 3 N–H and O–H groups in total. The molecule has 0 aromatic heterocycles. The topological polar surface area (TPSA) is 99.2 Å². The molecule has 1 fully saturated rings. The summed E-state index contributed by atoms with van der Waals surface area (Å²) in [5.74, 6) is 0.545. The van der Waals surface area contributed by atoms with E-state index in [1.807, 2.05) is 14.0 Å². The van der Waals surface area contributed by atoms with E-state index in [-0.39, 0.29) is 11.9 Å². The molecule has 2 unspecified atom stereocenters. The molecule has 118 valence electrons. The molecule has 0 aromatic rings. The zero-order chi connectivity index (χ0) is 15.3. The van der Waals surface area contributed by atoms with Gasteiger partial charge >= 0.3 is 0 Å². The molecule has 20 heavy (non-hydrogen) atoms. The van der Waals surface area contributed by atoms with Gasteiger partial charge in [-0.3, -0.25) is 0 Å². The molecule has 0 aliphatic carbocycles. The third kappa shape index (κ3) is 5.26. The maximum Gasteiger partial charge on any atom is 0.211 e. The van der Waals surface area contributed by atoms with Gasteiger partial charge in [-0.1, -0.05) is 5.16 Å². The molecule has 1 aliphatic heterocycles. The van der Waals surface area contributed by atoms with Gasteiger partial charge in [-0.05, 0) is 32.7 Å². The Morgan fingerprint density at radius 2 is 2.25 bits per heavy atom. The van der Waals surface area contributed by atoms with Crippen LogP contribution in [0.3, 0.4) is 0 Å². The minimum absolute atomic E-state index is 0.152. The summed E-state index contributed by atoms with van der Waals surface area (Å²) >= 11 is 0. The van der Waals surface area contributed by atoms with E-state index < -0.39 is 10.0 Å². The highest BCUT2D eigenvalue weighted by molar-refractivity contribution is 7.88. The summed E-state index contributed by atoms with van der Waals surface area (Å²) in [6.07, 6.45) is 3.70. The second-order valence-electron chi connectivity index (χ2n) is 5.71. The van der Waals surface area contributed by atoms with Crippen molar-refractivity contribution in [3.63, 3.8) is 0 Å². The maximum absolute atomic E-state index is 11.6. The van der Waals surface area contributed by atoms with Crippen molar-refractivity contribution in [2.45, 2.75) is 32.2 Å². The van der Waals surface area contributed by atoms with E-state index in [0.29, 0.717) is 25.4 Å². The fourth-order valence-electron chi connectivity index (χ4n) is 2.56. The fraction of sp³-hybridized carbons (Fsp3) is 0.917. The van der Waals surface area contributed by atoms with E-state index in [1.54, 1.807) is 4.31 Å². The van der Waals surface area contributed by atoms with Crippen LogP contribution in [0.1, 0.15) is 26.2 Å². The highest BCUT2D eigenvalue weighted by Crippen LogP contribution is 2.20. The van der Waals surface area contributed by atoms with Crippen LogP contribution in [0.2, 0.25) is 0 Å². The molecule has 1 heterocycles. The van der Waals surface area contributed by atoms with Gasteiger partial charge in [-0.25, -0.2) is 12.7 Å². The Morgan fingerprint density at radius 1 is 1.60 bits per heavy atom. The second kappa shape index (κ2) is 7.24. The molecule has 2 atom stereocenters. The zero-order valence-electron chi connectivity index (χ0n) is 12.5. The molecule has 1 aliphatic rings. The molecule has 7 nitrogen and oxygen atoms in total. The predicted molar refractivity (Wildman–Crippen MR) is 79.3 cm³/mol. The van der Waals surface area contributed by atoms with Gasteiger partial charge in [-0.15, -0.1) is 0 Å². The van der Waals surface area contributed by atoms with Crippen LogP contribution < -0.4 is 5.73 Å². The summed E-state index contributed by atoms with van der Waals surface area (Å²) in [6.45, 7) is 4.03. The summed E-state index contributed by atoms with van der Waals surface area (Å²) in [7, 11) is -1.11. The van der Waals surface area contributed by atoms with Crippen molar-refractivity contribution >= 4 is 15.9 Å². The van der Waals surface area contributed by atoms with E-state index in [2.05, 4.69) is 10.1 Å². The number of piperidine rings is 1. The maximum atomic E-state index is 11.6. The molecule has 0 radical (unpaired) electrons. The molecular weight excluding hydrogens is 280 g/mol. The largest absolute Gasteiger partial charge is 0.409 e. The quantitative estimate of drug-likeness (QED) is 0.314. The highest BCUT2D eigenvalue weighted by atomic mass is 32.2. The van der Waals surface area contributed by atoms with Crippen LogP contribution in [0.4, 0.5) is 0 Å². The number of nitrogens with zero attached hydrogens (tertiary/aromatic N) is 3. The van der Waals surface area contributed by atoms with E-state index in [9.17, 15) is 8.42 Å². The molecule has 0 spiro atoms. The van der Waals surface area contributed by atoms with Crippen LogP contribution in [0, 0.1) is 5.92 Å². The zero-order valence-corrected chi connectivity index (χ0v) is 13.3. The summed E-state index contributed by atoms with van der Waals surface area (Å²) in [5, 5.41) is 11.6. The van der Waals surface area contributed by atoms with Gasteiger partial charge in [0.15, 0.2) is 0 Å².